The van der Waals surface area contributed by atoms with Crippen LogP contribution in [0.5, 0.6) is 0 Å². The van der Waals surface area contributed by atoms with Crippen LogP contribution in [0.25, 0.3) is 10.9 Å². The van der Waals surface area contributed by atoms with Crippen molar-refractivity contribution in [3.8, 4) is 0 Å². The van der Waals surface area contributed by atoms with Crippen molar-refractivity contribution in [2.24, 2.45) is 0 Å². The Balaban J connectivity index is 0.00000176. The van der Waals surface area contributed by atoms with Crippen molar-refractivity contribution in [1.82, 2.24) is 14.6 Å². The predicted octanol–water partition coefficient (Wildman–Crippen LogP) is 2.03. The van der Waals surface area contributed by atoms with Gasteiger partial charge in [0.25, 0.3) is 0 Å². The lowest BCUT2D eigenvalue weighted by molar-refractivity contribution is 0.263. The molecule has 3 rings (SSSR count). The molecule has 120 valence electrons. The molecule has 0 aliphatic carbocycles. The van der Waals surface area contributed by atoms with Crippen LogP contribution in [-0.4, -0.2) is 42.9 Å². The zero-order chi connectivity index (χ0) is 15.0. The number of fused-ring (bicyclic) bond motifs is 1. The van der Waals surface area contributed by atoms with E-state index in [1.165, 1.54) is 0 Å². The molecule has 7 heteroatoms. The summed E-state index contributed by atoms with van der Waals surface area (Å²) in [5.41, 5.74) is 0.704. The van der Waals surface area contributed by atoms with Gasteiger partial charge in [-0.25, -0.2) is 8.42 Å². The fourth-order valence-electron chi connectivity index (χ4n) is 2.91. The molecule has 2 atom stereocenters. The number of benzene rings is 1. The Bertz CT molecular complexity index is 751. The van der Waals surface area contributed by atoms with Gasteiger partial charge < -0.3 is 5.32 Å². The Morgan fingerprint density at radius 2 is 1.82 bits per heavy atom. The van der Waals surface area contributed by atoms with Gasteiger partial charge in [0.15, 0.2) is 0 Å². The first-order chi connectivity index (χ1) is 9.98. The standard InChI is InChI=1S/C15H19N3O2S.ClH/c1-11-9-18(10-12(2)17-11)21(19,20)15-7-3-6-14-13(15)5-4-8-16-14;/h3-8,11-12,17H,9-10H2,1-2H3;1H. The molecule has 1 aliphatic rings. The molecule has 2 aromatic rings. The lowest BCUT2D eigenvalue weighted by Crippen LogP contribution is -2.55. The summed E-state index contributed by atoms with van der Waals surface area (Å²) in [4.78, 5) is 4.58. The van der Waals surface area contributed by atoms with Gasteiger partial charge in [-0.05, 0) is 38.1 Å². The van der Waals surface area contributed by atoms with E-state index in [9.17, 15) is 8.42 Å². The van der Waals surface area contributed by atoms with Crippen LogP contribution in [-0.2, 0) is 10.0 Å². The number of nitrogens with one attached hydrogen (secondary N) is 1. The molecule has 0 spiro atoms. The Morgan fingerprint density at radius 3 is 2.50 bits per heavy atom. The van der Waals surface area contributed by atoms with Crippen LogP contribution in [0.4, 0.5) is 0 Å². The smallest absolute Gasteiger partial charge is 0.243 e. The fourth-order valence-corrected chi connectivity index (χ4v) is 4.73. The fraction of sp³-hybridized carbons (Fsp3) is 0.400. The quantitative estimate of drug-likeness (QED) is 0.907. The normalized spacial score (nSPS) is 23.2. The van der Waals surface area contributed by atoms with Gasteiger partial charge in [-0.3, -0.25) is 4.98 Å². The monoisotopic (exact) mass is 341 g/mol. The van der Waals surface area contributed by atoms with E-state index in [2.05, 4.69) is 10.3 Å². The van der Waals surface area contributed by atoms with Crippen molar-refractivity contribution in [2.45, 2.75) is 30.8 Å². The summed E-state index contributed by atoms with van der Waals surface area (Å²) in [7, 11) is -3.50. The van der Waals surface area contributed by atoms with Crippen LogP contribution in [0.1, 0.15) is 13.8 Å². The average Bonchev–Trinajstić information content (AvgIpc) is 2.45. The SMILES string of the molecule is CC1CN(S(=O)(=O)c2cccc3ncccc23)CC(C)N1.Cl. The topological polar surface area (TPSA) is 62.3 Å². The summed E-state index contributed by atoms with van der Waals surface area (Å²) in [5.74, 6) is 0. The molecular formula is C15H20ClN3O2S. The molecule has 1 aromatic carbocycles. The maximum absolute atomic E-state index is 13.0. The molecule has 1 saturated heterocycles. The average molecular weight is 342 g/mol. The number of aromatic nitrogens is 1. The number of pyridine rings is 1. The first-order valence-electron chi connectivity index (χ1n) is 7.08. The molecule has 2 heterocycles. The molecule has 22 heavy (non-hydrogen) atoms. The zero-order valence-electron chi connectivity index (χ0n) is 12.6. The minimum Gasteiger partial charge on any atom is -0.309 e. The lowest BCUT2D eigenvalue weighted by atomic mass is 10.2. The van der Waals surface area contributed by atoms with E-state index < -0.39 is 10.0 Å². The molecule has 5 nitrogen and oxygen atoms in total. The Kier molecular flexibility index (Phi) is 5.07. The molecule has 0 radical (unpaired) electrons. The molecule has 0 saturated carbocycles. The van der Waals surface area contributed by atoms with E-state index in [4.69, 9.17) is 0 Å². The van der Waals surface area contributed by atoms with Crippen LogP contribution in [0, 0.1) is 0 Å². The Labute approximate surface area is 137 Å². The minimum absolute atomic E-state index is 0. The number of sulfonamides is 1. The highest BCUT2D eigenvalue weighted by Crippen LogP contribution is 2.25. The number of rotatable bonds is 2. The van der Waals surface area contributed by atoms with E-state index in [1.807, 2.05) is 26.0 Å². The molecule has 1 aliphatic heterocycles. The summed E-state index contributed by atoms with van der Waals surface area (Å²) in [6, 6.07) is 9.12. The van der Waals surface area contributed by atoms with Crippen molar-refractivity contribution < 1.29 is 8.42 Å². The number of piperazine rings is 1. The largest absolute Gasteiger partial charge is 0.309 e. The van der Waals surface area contributed by atoms with Gasteiger partial charge in [-0.2, -0.15) is 4.31 Å². The van der Waals surface area contributed by atoms with E-state index >= 15 is 0 Å². The molecule has 0 amide bonds. The van der Waals surface area contributed by atoms with Crippen LogP contribution in [0.3, 0.4) is 0 Å². The predicted molar refractivity (Wildman–Crippen MR) is 89.8 cm³/mol. The van der Waals surface area contributed by atoms with Crippen LogP contribution in [0.15, 0.2) is 41.4 Å². The maximum Gasteiger partial charge on any atom is 0.243 e. The highest BCUT2D eigenvalue weighted by atomic mass is 35.5. The third-order valence-electron chi connectivity index (χ3n) is 3.75. The van der Waals surface area contributed by atoms with Crippen molar-refractivity contribution in [3.05, 3.63) is 36.5 Å². The van der Waals surface area contributed by atoms with Gasteiger partial charge in [-0.15, -0.1) is 12.4 Å². The van der Waals surface area contributed by atoms with Crippen LogP contribution >= 0.6 is 12.4 Å². The van der Waals surface area contributed by atoms with Gasteiger partial charge in [0.1, 0.15) is 0 Å². The van der Waals surface area contributed by atoms with E-state index in [-0.39, 0.29) is 24.5 Å². The Morgan fingerprint density at radius 1 is 1.14 bits per heavy atom. The molecule has 1 aromatic heterocycles. The number of hydrogen-bond donors (Lipinski definition) is 1. The number of hydrogen-bond acceptors (Lipinski definition) is 4. The molecular weight excluding hydrogens is 322 g/mol. The molecule has 1 fully saturated rings. The van der Waals surface area contributed by atoms with Gasteiger partial charge in [0, 0.05) is 36.8 Å². The minimum atomic E-state index is -3.50. The molecule has 1 N–H and O–H groups in total. The summed E-state index contributed by atoms with van der Waals surface area (Å²) in [5, 5.41) is 4.03. The zero-order valence-corrected chi connectivity index (χ0v) is 14.2. The first-order valence-corrected chi connectivity index (χ1v) is 8.52. The number of halogens is 1. The van der Waals surface area contributed by atoms with Crippen molar-refractivity contribution in [3.63, 3.8) is 0 Å². The van der Waals surface area contributed by atoms with Crippen LogP contribution in [0.2, 0.25) is 0 Å². The van der Waals surface area contributed by atoms with E-state index in [1.54, 1.807) is 28.7 Å². The van der Waals surface area contributed by atoms with Gasteiger partial charge >= 0.3 is 0 Å². The molecule has 0 bridgehead atoms. The molecule has 2 unspecified atom stereocenters. The second-order valence-corrected chi connectivity index (χ2v) is 7.52. The van der Waals surface area contributed by atoms with Crippen molar-refractivity contribution >= 4 is 33.3 Å². The maximum atomic E-state index is 13.0. The summed E-state index contributed by atoms with van der Waals surface area (Å²) >= 11 is 0. The van der Waals surface area contributed by atoms with E-state index in [0.717, 1.165) is 0 Å². The first kappa shape index (κ1) is 17.1. The summed E-state index contributed by atoms with van der Waals surface area (Å²) in [6.45, 7) is 4.98. The second kappa shape index (κ2) is 6.50. The van der Waals surface area contributed by atoms with Gasteiger partial charge in [-0.1, -0.05) is 6.07 Å². The van der Waals surface area contributed by atoms with Crippen molar-refractivity contribution in [2.75, 3.05) is 13.1 Å². The van der Waals surface area contributed by atoms with Crippen LogP contribution < -0.4 is 5.32 Å². The van der Waals surface area contributed by atoms with Gasteiger partial charge in [0.2, 0.25) is 10.0 Å². The lowest BCUT2D eigenvalue weighted by Gasteiger charge is -2.35. The third-order valence-corrected chi connectivity index (χ3v) is 5.64. The third kappa shape index (κ3) is 3.10. The van der Waals surface area contributed by atoms with Gasteiger partial charge in [0.05, 0.1) is 10.4 Å². The van der Waals surface area contributed by atoms with Crippen molar-refractivity contribution in [1.29, 1.82) is 0 Å². The highest BCUT2D eigenvalue weighted by molar-refractivity contribution is 7.89. The summed E-state index contributed by atoms with van der Waals surface area (Å²) < 4.78 is 27.5. The van der Waals surface area contributed by atoms with E-state index in [0.29, 0.717) is 28.9 Å². The number of nitrogens with zero attached hydrogens (tertiary/aromatic N) is 2. The summed E-state index contributed by atoms with van der Waals surface area (Å²) in [6.07, 6.45) is 1.67. The second-order valence-electron chi connectivity index (χ2n) is 5.62. The highest BCUT2D eigenvalue weighted by Gasteiger charge is 2.32. The Hall–Kier alpha value is -1.21.